The van der Waals surface area contributed by atoms with Crippen LogP contribution in [0.5, 0.6) is 0 Å². The Morgan fingerprint density at radius 3 is 2.67 bits per heavy atom. The van der Waals surface area contributed by atoms with Crippen molar-refractivity contribution in [1.29, 1.82) is 0 Å². The molecule has 5 nitrogen and oxygen atoms in total. The Morgan fingerprint density at radius 1 is 1.38 bits per heavy atom. The summed E-state index contributed by atoms with van der Waals surface area (Å²) in [5.74, 6) is -0.0971. The van der Waals surface area contributed by atoms with Gasteiger partial charge in [-0.1, -0.05) is 6.92 Å². The van der Waals surface area contributed by atoms with E-state index in [-0.39, 0.29) is 11.8 Å². The summed E-state index contributed by atoms with van der Waals surface area (Å²) in [7, 11) is 3.75. The smallest absolute Gasteiger partial charge is 0.205 e. The maximum atomic E-state index is 12.1. The molecule has 2 rings (SSSR count). The number of aryl methyl sites for hydroxylation is 1. The summed E-state index contributed by atoms with van der Waals surface area (Å²) >= 11 is 0. The van der Waals surface area contributed by atoms with Gasteiger partial charge in [0.05, 0.1) is 5.69 Å². The summed E-state index contributed by atoms with van der Waals surface area (Å²) in [6.45, 7) is 6.20. The Hall–Kier alpha value is -2.17. The van der Waals surface area contributed by atoms with E-state index in [9.17, 15) is 4.79 Å². The molecule has 0 N–H and O–H groups in total. The number of allylic oxidation sites excluding steroid dienone is 1. The number of hydrogen-bond donors (Lipinski definition) is 0. The van der Waals surface area contributed by atoms with Gasteiger partial charge in [-0.05, 0) is 32.4 Å². The van der Waals surface area contributed by atoms with Crippen molar-refractivity contribution in [3.63, 3.8) is 0 Å². The van der Waals surface area contributed by atoms with E-state index in [1.807, 2.05) is 29.7 Å². The first-order valence-corrected chi connectivity index (χ1v) is 7.21. The Morgan fingerprint density at radius 2 is 2.10 bits per heavy atom. The highest BCUT2D eigenvalue weighted by molar-refractivity contribution is 6.04. The number of aromatic nitrogens is 3. The van der Waals surface area contributed by atoms with Gasteiger partial charge in [-0.3, -0.25) is 4.79 Å². The van der Waals surface area contributed by atoms with Crippen molar-refractivity contribution in [1.82, 2.24) is 19.7 Å². The third-order valence-electron chi connectivity index (χ3n) is 3.23. The Kier molecular flexibility index (Phi) is 4.40. The highest BCUT2D eigenvalue weighted by Gasteiger charge is 2.15. The molecule has 0 aliphatic carbocycles. The van der Waals surface area contributed by atoms with Crippen LogP contribution >= 0.6 is 0 Å². The van der Waals surface area contributed by atoms with E-state index in [0.29, 0.717) is 5.69 Å². The minimum absolute atomic E-state index is 0.0971. The van der Waals surface area contributed by atoms with E-state index in [0.717, 1.165) is 23.1 Å². The largest absolute Gasteiger partial charge is 0.383 e. The molecule has 0 unspecified atom stereocenters. The van der Waals surface area contributed by atoms with Gasteiger partial charge in [-0.25, -0.2) is 9.67 Å². The number of ketones is 1. The quantitative estimate of drug-likeness (QED) is 0.626. The van der Waals surface area contributed by atoms with Crippen LogP contribution in [-0.2, 0) is 6.42 Å². The molecule has 0 fully saturated rings. The normalized spacial score (nSPS) is 11.7. The molecule has 21 heavy (non-hydrogen) atoms. The third kappa shape index (κ3) is 3.12. The van der Waals surface area contributed by atoms with E-state index in [4.69, 9.17) is 0 Å². The average molecular weight is 286 g/mol. The second-order valence-electron chi connectivity index (χ2n) is 5.55. The first-order chi connectivity index (χ1) is 9.93. The third-order valence-corrected chi connectivity index (χ3v) is 3.23. The number of pyridine rings is 1. The van der Waals surface area contributed by atoms with Crippen LogP contribution in [0.3, 0.4) is 0 Å². The Balaban J connectivity index is 2.50. The topological polar surface area (TPSA) is 51.0 Å². The van der Waals surface area contributed by atoms with Gasteiger partial charge >= 0.3 is 0 Å². The van der Waals surface area contributed by atoms with E-state index in [1.165, 1.54) is 6.08 Å². The monoisotopic (exact) mass is 286 g/mol. The molecule has 0 aliphatic heterocycles. The minimum atomic E-state index is -0.0971. The lowest BCUT2D eigenvalue weighted by Crippen LogP contribution is -2.07. The molecule has 0 saturated heterocycles. The van der Waals surface area contributed by atoms with Crippen molar-refractivity contribution in [2.75, 3.05) is 14.1 Å². The lowest BCUT2D eigenvalue weighted by Gasteiger charge is -2.06. The fourth-order valence-corrected chi connectivity index (χ4v) is 2.14. The average Bonchev–Trinajstić information content (AvgIpc) is 2.82. The molecule has 0 atom stereocenters. The van der Waals surface area contributed by atoms with Gasteiger partial charge in [0.15, 0.2) is 5.65 Å². The van der Waals surface area contributed by atoms with E-state index in [1.54, 1.807) is 12.3 Å². The van der Waals surface area contributed by atoms with E-state index >= 15 is 0 Å². The summed E-state index contributed by atoms with van der Waals surface area (Å²) in [6.07, 6.45) is 4.11. The highest BCUT2D eigenvalue weighted by atomic mass is 16.1. The van der Waals surface area contributed by atoms with Gasteiger partial charge in [-0.15, -0.1) is 0 Å². The van der Waals surface area contributed by atoms with Crippen LogP contribution in [-0.4, -0.2) is 39.5 Å². The molecule has 0 saturated carbocycles. The van der Waals surface area contributed by atoms with Gasteiger partial charge in [0, 0.05) is 37.8 Å². The van der Waals surface area contributed by atoms with Crippen molar-refractivity contribution in [3.05, 3.63) is 35.8 Å². The zero-order chi connectivity index (χ0) is 15.6. The second-order valence-corrected chi connectivity index (χ2v) is 5.55. The standard InChI is InChI=1S/C16H22N4O/c1-6-13-12-7-8-14(15(21)9-10-19(4)5)17-16(12)20(18-13)11(2)3/h7-11H,6H2,1-5H3. The van der Waals surface area contributed by atoms with Crippen LogP contribution in [0.4, 0.5) is 0 Å². The summed E-state index contributed by atoms with van der Waals surface area (Å²) < 4.78 is 1.89. The van der Waals surface area contributed by atoms with Crippen LogP contribution in [0, 0.1) is 0 Å². The van der Waals surface area contributed by atoms with Crippen molar-refractivity contribution >= 4 is 16.8 Å². The van der Waals surface area contributed by atoms with Gasteiger partial charge in [0.25, 0.3) is 0 Å². The number of rotatable bonds is 5. The van der Waals surface area contributed by atoms with Gasteiger partial charge in [-0.2, -0.15) is 5.10 Å². The van der Waals surface area contributed by atoms with Crippen LogP contribution in [0.25, 0.3) is 11.0 Å². The van der Waals surface area contributed by atoms with Crippen molar-refractivity contribution < 1.29 is 4.79 Å². The SMILES string of the molecule is CCc1nn(C(C)C)c2nc(C(=O)C=CN(C)C)ccc12. The number of nitrogens with zero attached hydrogens (tertiary/aromatic N) is 4. The van der Waals surface area contributed by atoms with Gasteiger partial charge in [0.2, 0.25) is 5.78 Å². The molecule has 0 radical (unpaired) electrons. The molecule has 112 valence electrons. The zero-order valence-corrected chi connectivity index (χ0v) is 13.3. The molecule has 2 heterocycles. The number of hydrogen-bond acceptors (Lipinski definition) is 4. The van der Waals surface area contributed by atoms with Crippen LogP contribution in [0.2, 0.25) is 0 Å². The molecular formula is C16H22N4O. The Bertz CT molecular complexity index is 683. The molecule has 0 aromatic carbocycles. The first-order valence-electron chi connectivity index (χ1n) is 7.21. The maximum absolute atomic E-state index is 12.1. The van der Waals surface area contributed by atoms with Crippen molar-refractivity contribution in [2.45, 2.75) is 33.2 Å². The molecule has 5 heteroatoms. The molecule has 2 aromatic rings. The molecule has 0 bridgehead atoms. The first kappa shape index (κ1) is 15.2. The summed E-state index contributed by atoms with van der Waals surface area (Å²) in [4.78, 5) is 18.5. The van der Waals surface area contributed by atoms with Crippen LogP contribution in [0.15, 0.2) is 24.4 Å². The van der Waals surface area contributed by atoms with Crippen molar-refractivity contribution in [2.24, 2.45) is 0 Å². The minimum Gasteiger partial charge on any atom is -0.383 e. The summed E-state index contributed by atoms with van der Waals surface area (Å²) in [5.41, 5.74) is 2.25. The zero-order valence-electron chi connectivity index (χ0n) is 13.3. The van der Waals surface area contributed by atoms with E-state index < -0.39 is 0 Å². The lowest BCUT2D eigenvalue weighted by atomic mass is 10.2. The predicted octanol–water partition coefficient (Wildman–Crippen LogP) is 2.83. The Labute approximate surface area is 125 Å². The molecule has 2 aromatic heterocycles. The number of carbonyl (C=O) groups excluding carboxylic acids is 1. The lowest BCUT2D eigenvalue weighted by molar-refractivity contribution is 0.104. The predicted molar refractivity (Wildman–Crippen MR) is 84.4 cm³/mol. The fraction of sp³-hybridized carbons (Fsp3) is 0.438. The van der Waals surface area contributed by atoms with Crippen LogP contribution < -0.4 is 0 Å². The molecule has 0 aliphatic rings. The maximum Gasteiger partial charge on any atom is 0.205 e. The molecule has 0 spiro atoms. The molecule has 0 amide bonds. The molecular weight excluding hydrogens is 264 g/mol. The van der Waals surface area contributed by atoms with Gasteiger partial charge < -0.3 is 4.90 Å². The number of fused-ring (bicyclic) bond motifs is 1. The number of carbonyl (C=O) groups is 1. The highest BCUT2D eigenvalue weighted by Crippen LogP contribution is 2.21. The summed E-state index contributed by atoms with van der Waals surface area (Å²) in [5, 5.41) is 5.63. The van der Waals surface area contributed by atoms with Crippen LogP contribution in [0.1, 0.15) is 43.0 Å². The van der Waals surface area contributed by atoms with Gasteiger partial charge in [0.1, 0.15) is 5.69 Å². The van der Waals surface area contributed by atoms with E-state index in [2.05, 4.69) is 30.9 Å². The summed E-state index contributed by atoms with van der Waals surface area (Å²) in [6, 6.07) is 3.93. The fourth-order valence-electron chi connectivity index (χ4n) is 2.14. The second kappa shape index (κ2) is 6.08. The van der Waals surface area contributed by atoms with Crippen molar-refractivity contribution in [3.8, 4) is 0 Å².